The first kappa shape index (κ1) is 6.01. The molecule has 1 fully saturated rings. The van der Waals surface area contributed by atoms with Crippen molar-refractivity contribution in [2.45, 2.75) is 25.2 Å². The second kappa shape index (κ2) is 2.44. The summed E-state index contributed by atoms with van der Waals surface area (Å²) in [5, 5.41) is 17.5. The van der Waals surface area contributed by atoms with Gasteiger partial charge in [-0.15, -0.1) is 0 Å². The molecule has 0 bridgehead atoms. The smallest absolute Gasteiger partial charge is 0.154 e. The van der Waals surface area contributed by atoms with E-state index >= 15 is 0 Å². The van der Waals surface area contributed by atoms with E-state index in [4.69, 9.17) is 14.9 Å². The maximum absolute atomic E-state index is 8.79. The van der Waals surface area contributed by atoms with Gasteiger partial charge in [-0.25, -0.2) is 0 Å². The third-order valence-corrected chi connectivity index (χ3v) is 1.23. The van der Waals surface area contributed by atoms with Crippen LogP contribution in [0.25, 0.3) is 0 Å². The van der Waals surface area contributed by atoms with Gasteiger partial charge in [0.25, 0.3) is 0 Å². The largest absolute Gasteiger partial charge is 0.391 e. The first-order valence-electron chi connectivity index (χ1n) is 2.77. The van der Waals surface area contributed by atoms with Crippen molar-refractivity contribution in [3.63, 3.8) is 0 Å². The summed E-state index contributed by atoms with van der Waals surface area (Å²) in [5.41, 5.74) is 0. The normalized spacial score (nSPS) is 39.8. The summed E-state index contributed by atoms with van der Waals surface area (Å²) in [6, 6.07) is 0. The van der Waals surface area contributed by atoms with E-state index in [0.29, 0.717) is 12.8 Å². The van der Waals surface area contributed by atoms with Gasteiger partial charge in [0.1, 0.15) is 0 Å². The van der Waals surface area contributed by atoms with Crippen molar-refractivity contribution >= 4 is 0 Å². The van der Waals surface area contributed by atoms with Gasteiger partial charge < -0.3 is 14.9 Å². The molecule has 0 amide bonds. The fourth-order valence-electron chi connectivity index (χ4n) is 0.724. The minimum Gasteiger partial charge on any atom is -0.391 e. The molecule has 2 N–H and O–H groups in total. The second-order valence-corrected chi connectivity index (χ2v) is 2.02. The van der Waals surface area contributed by atoms with Gasteiger partial charge in [-0.1, -0.05) is 0 Å². The van der Waals surface area contributed by atoms with E-state index in [-0.39, 0.29) is 12.7 Å². The number of aliphatic hydroxyl groups is 2. The minimum absolute atomic E-state index is 0.279. The molecule has 1 heterocycles. The first-order chi connectivity index (χ1) is 3.79. The summed E-state index contributed by atoms with van der Waals surface area (Å²) in [6.45, 7) is 0.279. The highest BCUT2D eigenvalue weighted by atomic mass is 16.6. The first-order valence-corrected chi connectivity index (χ1v) is 2.77. The molecule has 1 aliphatic heterocycles. The molecule has 0 aromatic heterocycles. The van der Waals surface area contributed by atoms with E-state index in [1.165, 1.54) is 0 Å². The summed E-state index contributed by atoms with van der Waals surface area (Å²) in [5.74, 6) is 0. The lowest BCUT2D eigenvalue weighted by atomic mass is 10.2. The van der Waals surface area contributed by atoms with Gasteiger partial charge >= 0.3 is 0 Å². The molecule has 0 radical (unpaired) electrons. The van der Waals surface area contributed by atoms with Gasteiger partial charge in [-0.2, -0.15) is 0 Å². The molecule has 2 atom stereocenters. The van der Waals surface area contributed by atoms with Crippen molar-refractivity contribution in [2.24, 2.45) is 0 Å². The monoisotopic (exact) mass is 118 g/mol. The number of hydrogen-bond acceptors (Lipinski definition) is 3. The fourth-order valence-corrected chi connectivity index (χ4v) is 0.724. The molecular formula is C5H10O3. The van der Waals surface area contributed by atoms with Crippen LogP contribution in [0.2, 0.25) is 0 Å². The molecule has 1 rings (SSSR count). The van der Waals surface area contributed by atoms with E-state index in [9.17, 15) is 0 Å². The Labute approximate surface area is 47.9 Å². The lowest BCUT2D eigenvalue weighted by Gasteiger charge is -2.21. The lowest BCUT2D eigenvalue weighted by Crippen LogP contribution is -2.28. The second-order valence-electron chi connectivity index (χ2n) is 2.02. The number of hydrogen-bond donors (Lipinski definition) is 2. The molecule has 0 saturated carbocycles. The lowest BCUT2D eigenvalue weighted by molar-refractivity contribution is -0.155. The standard InChI is InChI=1S/C5H10O3/c6-4-1-2-5(7)8-3-4/h4-7H,1-3H2. The molecule has 1 aliphatic rings. The SMILES string of the molecule is OC1CCC(O)OC1. The highest BCUT2D eigenvalue weighted by Gasteiger charge is 2.16. The van der Waals surface area contributed by atoms with Gasteiger partial charge in [0.15, 0.2) is 6.29 Å². The Morgan fingerprint density at radius 1 is 1.25 bits per heavy atom. The molecule has 0 aromatic carbocycles. The van der Waals surface area contributed by atoms with Crippen molar-refractivity contribution < 1.29 is 14.9 Å². The third kappa shape index (κ3) is 1.43. The maximum Gasteiger partial charge on any atom is 0.154 e. The summed E-state index contributed by atoms with van der Waals surface area (Å²) >= 11 is 0. The van der Waals surface area contributed by atoms with Crippen LogP contribution in [0.4, 0.5) is 0 Å². The topological polar surface area (TPSA) is 49.7 Å². The summed E-state index contributed by atoms with van der Waals surface area (Å²) in [7, 11) is 0. The van der Waals surface area contributed by atoms with E-state index in [1.807, 2.05) is 0 Å². The Kier molecular flexibility index (Phi) is 1.83. The molecular weight excluding hydrogens is 108 g/mol. The average Bonchev–Trinajstić information content (AvgIpc) is 1.77. The Hall–Kier alpha value is -0.120. The number of aliphatic hydroxyl groups excluding tert-OH is 2. The van der Waals surface area contributed by atoms with Crippen LogP contribution in [0.15, 0.2) is 0 Å². The maximum atomic E-state index is 8.79. The number of ether oxygens (including phenoxy) is 1. The number of rotatable bonds is 0. The average molecular weight is 118 g/mol. The van der Waals surface area contributed by atoms with Crippen molar-refractivity contribution in [2.75, 3.05) is 6.61 Å². The van der Waals surface area contributed by atoms with Crippen LogP contribution in [0.5, 0.6) is 0 Å². The molecule has 1 saturated heterocycles. The summed E-state index contributed by atoms with van der Waals surface area (Å²) in [4.78, 5) is 0. The fraction of sp³-hybridized carbons (Fsp3) is 1.00. The molecule has 48 valence electrons. The molecule has 3 heteroatoms. The summed E-state index contributed by atoms with van der Waals surface area (Å²) < 4.78 is 4.70. The van der Waals surface area contributed by atoms with Crippen LogP contribution in [0, 0.1) is 0 Å². The van der Waals surface area contributed by atoms with E-state index in [1.54, 1.807) is 0 Å². The zero-order chi connectivity index (χ0) is 5.98. The molecule has 8 heavy (non-hydrogen) atoms. The zero-order valence-electron chi connectivity index (χ0n) is 4.58. The highest BCUT2D eigenvalue weighted by Crippen LogP contribution is 2.09. The van der Waals surface area contributed by atoms with Crippen molar-refractivity contribution in [3.8, 4) is 0 Å². The van der Waals surface area contributed by atoms with Gasteiger partial charge in [0, 0.05) is 6.42 Å². The minimum atomic E-state index is -0.640. The Balaban J connectivity index is 2.19. The van der Waals surface area contributed by atoms with Crippen molar-refractivity contribution in [1.82, 2.24) is 0 Å². The van der Waals surface area contributed by atoms with Gasteiger partial charge in [-0.05, 0) is 6.42 Å². The van der Waals surface area contributed by atoms with Gasteiger partial charge in [0.05, 0.1) is 12.7 Å². The van der Waals surface area contributed by atoms with Crippen LogP contribution in [0.3, 0.4) is 0 Å². The van der Waals surface area contributed by atoms with Crippen LogP contribution in [-0.2, 0) is 4.74 Å². The molecule has 0 aliphatic carbocycles. The van der Waals surface area contributed by atoms with E-state index in [0.717, 1.165) is 0 Å². The molecule has 0 spiro atoms. The predicted octanol–water partition coefficient (Wildman–Crippen LogP) is -0.524. The van der Waals surface area contributed by atoms with Crippen molar-refractivity contribution in [3.05, 3.63) is 0 Å². The highest BCUT2D eigenvalue weighted by molar-refractivity contribution is 4.60. The van der Waals surface area contributed by atoms with Crippen LogP contribution in [-0.4, -0.2) is 29.2 Å². The third-order valence-electron chi connectivity index (χ3n) is 1.23. The van der Waals surface area contributed by atoms with Gasteiger partial charge in [-0.3, -0.25) is 0 Å². The predicted molar refractivity (Wildman–Crippen MR) is 27.2 cm³/mol. The zero-order valence-corrected chi connectivity index (χ0v) is 4.58. The Morgan fingerprint density at radius 2 is 2.00 bits per heavy atom. The van der Waals surface area contributed by atoms with E-state index in [2.05, 4.69) is 0 Å². The van der Waals surface area contributed by atoms with Crippen LogP contribution >= 0.6 is 0 Å². The molecule has 3 nitrogen and oxygen atoms in total. The Bertz CT molecular complexity index is 56.1. The van der Waals surface area contributed by atoms with E-state index < -0.39 is 6.29 Å². The Morgan fingerprint density at radius 3 is 2.38 bits per heavy atom. The van der Waals surface area contributed by atoms with Crippen molar-refractivity contribution in [1.29, 1.82) is 0 Å². The van der Waals surface area contributed by atoms with Crippen LogP contribution < -0.4 is 0 Å². The van der Waals surface area contributed by atoms with Crippen LogP contribution in [0.1, 0.15) is 12.8 Å². The quantitative estimate of drug-likeness (QED) is 0.450. The molecule has 0 aromatic rings. The molecule has 2 unspecified atom stereocenters. The summed E-state index contributed by atoms with van der Waals surface area (Å²) in [6.07, 6.45) is 0.208. The van der Waals surface area contributed by atoms with Gasteiger partial charge in [0.2, 0.25) is 0 Å².